The maximum atomic E-state index is 12.1. The number of aromatic hydroxyl groups is 1. The molecule has 3 rings (SSSR count). The minimum absolute atomic E-state index is 0.00718. The lowest BCUT2D eigenvalue weighted by Gasteiger charge is -2.22. The number of para-hydroxylation sites is 2. The summed E-state index contributed by atoms with van der Waals surface area (Å²) in [6, 6.07) is 13.6. The van der Waals surface area contributed by atoms with Gasteiger partial charge in [-0.25, -0.2) is 4.79 Å². The number of nitrogens with zero attached hydrogens (tertiary/aromatic N) is 2. The first kappa shape index (κ1) is 17.6. The molecule has 2 heterocycles. The van der Waals surface area contributed by atoms with Gasteiger partial charge in [-0.1, -0.05) is 12.1 Å². The van der Waals surface area contributed by atoms with E-state index in [-0.39, 0.29) is 17.6 Å². The van der Waals surface area contributed by atoms with E-state index >= 15 is 0 Å². The monoisotopic (exact) mass is 368 g/mol. The van der Waals surface area contributed by atoms with Crippen molar-refractivity contribution in [1.82, 2.24) is 4.98 Å². The number of benzene rings is 1. The van der Waals surface area contributed by atoms with Crippen molar-refractivity contribution in [3.8, 4) is 16.3 Å². The number of hydrogen-bond acceptors (Lipinski definition) is 6. The highest BCUT2D eigenvalue weighted by atomic mass is 32.1. The van der Waals surface area contributed by atoms with Crippen LogP contribution in [-0.2, 0) is 9.53 Å². The summed E-state index contributed by atoms with van der Waals surface area (Å²) >= 11 is 1.28. The van der Waals surface area contributed by atoms with Gasteiger partial charge in [-0.2, -0.15) is 0 Å². The zero-order chi connectivity index (χ0) is 18.7. The number of methoxy groups -OCH3 is 1. The van der Waals surface area contributed by atoms with Gasteiger partial charge in [0, 0.05) is 6.92 Å². The zero-order valence-corrected chi connectivity index (χ0v) is 15.0. The third kappa shape index (κ3) is 3.43. The number of hydrogen-bond donors (Lipinski definition) is 1. The number of esters is 1. The van der Waals surface area contributed by atoms with Crippen LogP contribution in [0.1, 0.15) is 16.6 Å². The second kappa shape index (κ2) is 7.37. The quantitative estimate of drug-likeness (QED) is 0.705. The smallest absolute Gasteiger partial charge is 0.348 e. The van der Waals surface area contributed by atoms with Crippen LogP contribution < -0.4 is 4.90 Å². The standard InChI is InChI=1S/C19H16N2O4S/c1-12(22)21(15-5-3-4-6-16(15)23)13-7-8-14(20-11-13)17-9-10-18(26-17)19(24)25-2/h3-11,23H,1-2H3. The van der Waals surface area contributed by atoms with E-state index in [1.54, 1.807) is 48.7 Å². The molecule has 0 saturated carbocycles. The Balaban J connectivity index is 1.93. The summed E-state index contributed by atoms with van der Waals surface area (Å²) in [5.41, 5.74) is 1.60. The van der Waals surface area contributed by atoms with Crippen LogP contribution in [0.15, 0.2) is 54.7 Å². The van der Waals surface area contributed by atoms with Crippen LogP contribution in [0.4, 0.5) is 11.4 Å². The summed E-state index contributed by atoms with van der Waals surface area (Å²) in [6.07, 6.45) is 1.56. The molecule has 0 radical (unpaired) electrons. The highest BCUT2D eigenvalue weighted by Crippen LogP contribution is 2.34. The summed E-state index contributed by atoms with van der Waals surface area (Å²) in [6.45, 7) is 1.42. The Bertz CT molecular complexity index is 950. The van der Waals surface area contributed by atoms with Crippen LogP contribution in [0.2, 0.25) is 0 Å². The van der Waals surface area contributed by atoms with E-state index in [4.69, 9.17) is 4.74 Å². The molecule has 6 nitrogen and oxygen atoms in total. The highest BCUT2D eigenvalue weighted by molar-refractivity contribution is 7.17. The second-order valence-electron chi connectivity index (χ2n) is 5.40. The van der Waals surface area contributed by atoms with Gasteiger partial charge in [0.25, 0.3) is 0 Å². The van der Waals surface area contributed by atoms with Crippen molar-refractivity contribution in [2.24, 2.45) is 0 Å². The Hall–Kier alpha value is -3.19. The first-order chi connectivity index (χ1) is 12.5. The molecule has 0 fully saturated rings. The molecule has 132 valence electrons. The van der Waals surface area contributed by atoms with Crippen molar-refractivity contribution in [2.45, 2.75) is 6.92 Å². The Morgan fingerprint density at radius 2 is 1.88 bits per heavy atom. The van der Waals surface area contributed by atoms with Crippen LogP contribution in [0.5, 0.6) is 5.75 Å². The van der Waals surface area contributed by atoms with Crippen LogP contribution >= 0.6 is 11.3 Å². The summed E-state index contributed by atoms with van der Waals surface area (Å²) < 4.78 is 4.71. The van der Waals surface area contributed by atoms with E-state index in [0.717, 1.165) is 4.88 Å². The molecule has 0 unspecified atom stereocenters. The number of phenolic OH excluding ortho intramolecular Hbond substituents is 1. The van der Waals surface area contributed by atoms with Gasteiger partial charge in [0.15, 0.2) is 0 Å². The number of amides is 1. The predicted octanol–water partition coefficient (Wildman–Crippen LogP) is 3.99. The molecule has 0 spiro atoms. The van der Waals surface area contributed by atoms with Gasteiger partial charge >= 0.3 is 5.97 Å². The number of pyridine rings is 1. The normalized spacial score (nSPS) is 10.4. The molecule has 7 heteroatoms. The van der Waals surface area contributed by atoms with Gasteiger partial charge in [0.2, 0.25) is 5.91 Å². The van der Waals surface area contributed by atoms with E-state index < -0.39 is 0 Å². The molecule has 0 aliphatic heterocycles. The van der Waals surface area contributed by atoms with Crippen molar-refractivity contribution in [1.29, 1.82) is 0 Å². The number of thiophene rings is 1. The van der Waals surface area contributed by atoms with Crippen LogP contribution in [0.3, 0.4) is 0 Å². The molecule has 0 aliphatic rings. The molecule has 1 aromatic carbocycles. The van der Waals surface area contributed by atoms with Gasteiger partial charge in [-0.05, 0) is 36.4 Å². The molecule has 1 N–H and O–H groups in total. The summed E-state index contributed by atoms with van der Waals surface area (Å²) in [7, 11) is 1.34. The predicted molar refractivity (Wildman–Crippen MR) is 99.8 cm³/mol. The lowest BCUT2D eigenvalue weighted by molar-refractivity contribution is -0.115. The molecule has 26 heavy (non-hydrogen) atoms. The fraction of sp³-hybridized carbons (Fsp3) is 0.105. The average molecular weight is 368 g/mol. The van der Waals surface area contributed by atoms with Crippen molar-refractivity contribution in [2.75, 3.05) is 12.0 Å². The number of carbonyl (C=O) groups is 2. The SMILES string of the molecule is COC(=O)c1ccc(-c2ccc(N(C(C)=O)c3ccccc3O)cn2)s1. The molecular formula is C19H16N2O4S. The Labute approximate surface area is 154 Å². The fourth-order valence-corrected chi connectivity index (χ4v) is 3.39. The molecule has 0 bridgehead atoms. The lowest BCUT2D eigenvalue weighted by atomic mass is 10.2. The first-order valence-electron chi connectivity index (χ1n) is 7.74. The fourth-order valence-electron chi connectivity index (χ4n) is 2.49. The van der Waals surface area contributed by atoms with Gasteiger partial charge in [0.05, 0.1) is 35.3 Å². The van der Waals surface area contributed by atoms with E-state index in [2.05, 4.69) is 4.98 Å². The zero-order valence-electron chi connectivity index (χ0n) is 14.2. The van der Waals surface area contributed by atoms with Crippen LogP contribution in [0, 0.1) is 0 Å². The van der Waals surface area contributed by atoms with E-state index in [1.807, 2.05) is 0 Å². The van der Waals surface area contributed by atoms with Gasteiger partial charge in [-0.3, -0.25) is 14.7 Å². The molecule has 2 aromatic heterocycles. The molecule has 0 saturated heterocycles. The number of rotatable bonds is 4. The Morgan fingerprint density at radius 3 is 2.50 bits per heavy atom. The van der Waals surface area contributed by atoms with Crippen molar-refractivity contribution in [3.63, 3.8) is 0 Å². The van der Waals surface area contributed by atoms with E-state index in [9.17, 15) is 14.7 Å². The summed E-state index contributed by atoms with van der Waals surface area (Å²) in [4.78, 5) is 30.8. The molecule has 0 atom stereocenters. The van der Waals surface area contributed by atoms with Crippen molar-refractivity contribution < 1.29 is 19.4 Å². The largest absolute Gasteiger partial charge is 0.506 e. The molecule has 0 aliphatic carbocycles. The van der Waals surface area contributed by atoms with Gasteiger partial charge in [-0.15, -0.1) is 11.3 Å². The Morgan fingerprint density at radius 1 is 1.12 bits per heavy atom. The van der Waals surface area contributed by atoms with Gasteiger partial charge in [0.1, 0.15) is 10.6 Å². The minimum Gasteiger partial charge on any atom is -0.506 e. The number of anilines is 2. The topological polar surface area (TPSA) is 79.7 Å². The first-order valence-corrected chi connectivity index (χ1v) is 8.56. The molecular weight excluding hydrogens is 352 g/mol. The number of ether oxygens (including phenoxy) is 1. The van der Waals surface area contributed by atoms with E-state index in [1.165, 1.54) is 36.3 Å². The van der Waals surface area contributed by atoms with Gasteiger partial charge < -0.3 is 9.84 Å². The summed E-state index contributed by atoms with van der Waals surface area (Å²) in [5.74, 6) is -0.627. The van der Waals surface area contributed by atoms with Crippen molar-refractivity contribution in [3.05, 3.63) is 59.6 Å². The number of aromatic nitrogens is 1. The third-order valence-corrected chi connectivity index (χ3v) is 4.78. The lowest BCUT2D eigenvalue weighted by Crippen LogP contribution is -2.22. The number of phenols is 1. The summed E-state index contributed by atoms with van der Waals surface area (Å²) in [5, 5.41) is 10.0. The minimum atomic E-state index is -0.389. The molecule has 3 aromatic rings. The second-order valence-corrected chi connectivity index (χ2v) is 6.48. The van der Waals surface area contributed by atoms with Crippen LogP contribution in [0.25, 0.3) is 10.6 Å². The van der Waals surface area contributed by atoms with Crippen molar-refractivity contribution >= 4 is 34.6 Å². The third-order valence-electron chi connectivity index (χ3n) is 3.69. The number of carbonyl (C=O) groups excluding carboxylic acids is 2. The Kier molecular flexibility index (Phi) is 4.99. The van der Waals surface area contributed by atoms with E-state index in [0.29, 0.717) is 21.9 Å². The van der Waals surface area contributed by atoms with Crippen LogP contribution in [-0.4, -0.2) is 29.1 Å². The average Bonchev–Trinajstić information content (AvgIpc) is 3.13. The maximum absolute atomic E-state index is 12.1. The highest BCUT2D eigenvalue weighted by Gasteiger charge is 2.18. The molecule has 1 amide bonds. The maximum Gasteiger partial charge on any atom is 0.348 e.